The second-order valence-electron chi connectivity index (χ2n) is 39.6. The Kier molecular flexibility index (Phi) is 46.7. The van der Waals surface area contributed by atoms with Crippen molar-refractivity contribution in [3.05, 3.63) is 329 Å². The summed E-state index contributed by atoms with van der Waals surface area (Å²) in [7, 11) is 0. The van der Waals surface area contributed by atoms with Crippen LogP contribution in [0.2, 0.25) is 0 Å². The molecule has 9 aromatic rings. The molecule has 25 nitrogen and oxygen atoms in total. The fourth-order valence-electron chi connectivity index (χ4n) is 18.5. The van der Waals surface area contributed by atoms with Crippen LogP contribution >= 0.6 is 0 Å². The molecule has 0 spiro atoms. The molecule has 794 valence electrons. The number of carbonyl (C=O) groups excluding carboxylic acids is 11. The molecule has 0 amide bonds. The van der Waals surface area contributed by atoms with E-state index in [-0.39, 0.29) is 74.1 Å². The van der Waals surface area contributed by atoms with Gasteiger partial charge in [0.1, 0.15) is 53.5 Å². The van der Waals surface area contributed by atoms with Gasteiger partial charge in [-0.3, -0.25) is 9.59 Å². The largest absolute Gasteiger partial charge is 0.493 e. The third kappa shape index (κ3) is 39.7. The predicted molar refractivity (Wildman–Crippen MR) is 574 cm³/mol. The Morgan fingerprint density at radius 3 is 0.833 bits per heavy atom. The molecule has 4 aliphatic carbocycles. The third-order valence-electron chi connectivity index (χ3n) is 27.4. The van der Waals surface area contributed by atoms with Crippen LogP contribution in [0, 0.1) is 47.3 Å². The van der Waals surface area contributed by atoms with Gasteiger partial charge in [0.15, 0.2) is 0 Å². The molecule has 25 heteroatoms. The average Bonchev–Trinajstić information content (AvgIpc) is 0.821. The zero-order chi connectivity index (χ0) is 107. The summed E-state index contributed by atoms with van der Waals surface area (Å²) in [6.45, 7) is 34.9. The topological polar surface area (TPSA) is 317 Å². The predicted octanol–water partition coefficient (Wildman–Crippen LogP) is 24.6. The molecule has 150 heavy (non-hydrogen) atoms. The average molecular weight is 2050 g/mol. The maximum atomic E-state index is 12.9. The van der Waals surface area contributed by atoms with E-state index in [9.17, 15) is 52.7 Å². The maximum Gasteiger partial charge on any atom is 0.343 e. The Balaban J connectivity index is 0.000000215. The van der Waals surface area contributed by atoms with Crippen LogP contribution in [0.3, 0.4) is 0 Å². The molecule has 0 saturated heterocycles. The van der Waals surface area contributed by atoms with Gasteiger partial charge in [-0.1, -0.05) is 124 Å². The number of benzene rings is 9. The first-order valence-electron chi connectivity index (χ1n) is 52.4. The van der Waals surface area contributed by atoms with E-state index in [0.717, 1.165) is 159 Å². The van der Waals surface area contributed by atoms with E-state index in [0.29, 0.717) is 155 Å². The summed E-state index contributed by atoms with van der Waals surface area (Å²) in [5, 5.41) is 1.52. The van der Waals surface area contributed by atoms with Crippen LogP contribution in [0.4, 0.5) is 0 Å². The van der Waals surface area contributed by atoms with Crippen LogP contribution in [0.5, 0.6) is 40.2 Å². The first-order valence-corrected chi connectivity index (χ1v) is 52.4. The van der Waals surface area contributed by atoms with Gasteiger partial charge in [-0.05, 0) is 397 Å². The molecular formula is C125H144O25. The second-order valence-corrected chi connectivity index (χ2v) is 39.6. The summed E-state index contributed by atoms with van der Waals surface area (Å²) < 4.78 is 76.6. The zero-order valence-corrected chi connectivity index (χ0v) is 87.7. The number of esters is 11. The van der Waals surface area contributed by atoms with Crippen molar-refractivity contribution in [1.82, 2.24) is 0 Å². The fraction of sp³-hybridized carbons (Fsp3) is 0.400. The van der Waals surface area contributed by atoms with Crippen molar-refractivity contribution in [3.8, 4) is 40.2 Å². The molecular weight excluding hydrogens is 1900 g/mol. The summed E-state index contributed by atoms with van der Waals surface area (Å²) in [6, 6.07) is 62.2. The van der Waals surface area contributed by atoms with E-state index in [1.54, 1.807) is 151 Å². The van der Waals surface area contributed by atoms with Crippen LogP contribution in [-0.4, -0.2) is 132 Å². The fourth-order valence-corrected chi connectivity index (χ4v) is 18.5. The lowest BCUT2D eigenvalue weighted by atomic mass is 9.69. The van der Waals surface area contributed by atoms with Gasteiger partial charge >= 0.3 is 65.7 Å². The van der Waals surface area contributed by atoms with E-state index in [4.69, 9.17) is 66.3 Å². The summed E-state index contributed by atoms with van der Waals surface area (Å²) in [5.41, 5.74) is 9.81. The first-order chi connectivity index (χ1) is 72.3. The van der Waals surface area contributed by atoms with Gasteiger partial charge in [0.2, 0.25) is 0 Å². The highest BCUT2D eigenvalue weighted by molar-refractivity contribution is 5.97. The van der Waals surface area contributed by atoms with Crippen LogP contribution in [0.25, 0.3) is 10.8 Å². The monoisotopic (exact) mass is 2040 g/mol. The molecule has 9 aromatic carbocycles. The summed E-state index contributed by atoms with van der Waals surface area (Å²) >= 11 is 0. The quantitative estimate of drug-likeness (QED) is 0.0112. The molecule has 0 heterocycles. The lowest BCUT2D eigenvalue weighted by Crippen LogP contribution is -2.32. The van der Waals surface area contributed by atoms with E-state index in [1.165, 1.54) is 62.5 Å². The van der Waals surface area contributed by atoms with Crippen LogP contribution in [-0.2, 0) is 110 Å². The van der Waals surface area contributed by atoms with E-state index >= 15 is 0 Å². The van der Waals surface area contributed by atoms with Gasteiger partial charge in [0, 0.05) is 46.3 Å². The maximum absolute atomic E-state index is 12.9. The van der Waals surface area contributed by atoms with Crippen molar-refractivity contribution in [3.63, 3.8) is 0 Å². The molecule has 0 aromatic heterocycles. The standard InChI is InChI=1S/C45H40O11.C40H50O8.C40H54O6/c1-29(2)41(46)52-23-21-31-5-9-33(10-6-31)44(49)55-39-16-7-32(8-17-39)22-24-53-43(48)37-12-11-36-28-40(20-15-35(36)27-37)56-45(50)34-13-18-38(19-14-34)51-25-26-54-42(47)30(3)4;1-27(2)37(41)45-25-5-7-29-9-21-35(22-10-29)47-39(43)33-17-13-31(14-18-33)32-15-19-34(20-16-32)40(44)48-36-23-11-30(12-24-36)8-6-26-46-38(42)28(3)4;1-29(2)39(41)43-25-5-7-31-13-21-37(22-14-31)45-27-33-9-17-35(18-10-33)36-19-11-34(12-20-36)28-46-38-23-15-32(16-24-38)8-6-26-44-40(42)30(3)4/h5-20,27-28H,1,3,21-26H2,2,4H3;9-12,21-24,31-34H,1,3,5-8,13-20,25-26H2,2,4H3;13-16,21-24,33-36H,1,3,5-12,17-20,25-28H2,2,4H3. The van der Waals surface area contributed by atoms with Crippen molar-refractivity contribution in [2.24, 2.45) is 47.3 Å². The van der Waals surface area contributed by atoms with Crippen LogP contribution in [0.1, 0.15) is 234 Å². The minimum Gasteiger partial charge on any atom is -0.493 e. The number of hydrogen-bond donors (Lipinski definition) is 0. The van der Waals surface area contributed by atoms with Crippen molar-refractivity contribution >= 4 is 76.4 Å². The van der Waals surface area contributed by atoms with Gasteiger partial charge in [-0.25, -0.2) is 43.2 Å². The number of fused-ring (bicyclic) bond motifs is 1. The normalized spacial score (nSPS) is 17.0. The Bertz CT molecular complexity index is 5830. The van der Waals surface area contributed by atoms with E-state index in [1.807, 2.05) is 48.5 Å². The second kappa shape index (κ2) is 60.6. The van der Waals surface area contributed by atoms with E-state index in [2.05, 4.69) is 88.0 Å². The molecule has 0 radical (unpaired) electrons. The SMILES string of the molecule is C=C(C)C(=O)OCCCc1ccc(OC(=O)C2CCC(C3CCC(C(=O)Oc4ccc(CCCOC(=O)C(=C)C)cc4)CC3)CC2)cc1.C=C(C)C(=O)OCCCc1ccc(OCC2CCC(C3CCC(COc4ccc(CCCOC(=O)C(=C)C)cc4)CC3)CC2)cc1.C=C(C)C(=O)OCCOc1ccc(C(=O)Oc2ccc3cc(C(=O)OCCc4ccc(OC(=O)c5ccc(CCOC(=O)C(=C)C)cc5)cc4)ccc3c2)cc1. The number of hydrogen-bond acceptors (Lipinski definition) is 25. The molecule has 0 aliphatic heterocycles. The lowest BCUT2D eigenvalue weighted by molar-refractivity contribution is -0.142. The summed E-state index contributed by atoms with van der Waals surface area (Å²) in [5.74, 6) is 4.07. The van der Waals surface area contributed by atoms with Gasteiger partial charge in [0.05, 0.1) is 81.4 Å². The Morgan fingerprint density at radius 2 is 0.480 bits per heavy atom. The molecule has 4 aliphatic rings. The van der Waals surface area contributed by atoms with Gasteiger partial charge in [-0.2, -0.15) is 0 Å². The molecule has 4 fully saturated rings. The van der Waals surface area contributed by atoms with E-state index < -0.39 is 29.8 Å². The van der Waals surface area contributed by atoms with Crippen molar-refractivity contribution in [1.29, 1.82) is 0 Å². The Morgan fingerprint density at radius 1 is 0.227 bits per heavy atom. The number of carbonyl (C=O) groups is 11. The van der Waals surface area contributed by atoms with Crippen LogP contribution in [0.15, 0.2) is 279 Å². The highest BCUT2D eigenvalue weighted by Crippen LogP contribution is 2.45. The van der Waals surface area contributed by atoms with Gasteiger partial charge in [-0.15, -0.1) is 0 Å². The smallest absolute Gasteiger partial charge is 0.343 e. The number of ether oxygens (including phenoxy) is 14. The van der Waals surface area contributed by atoms with Gasteiger partial charge < -0.3 is 66.3 Å². The minimum absolute atomic E-state index is 0.0687. The summed E-state index contributed by atoms with van der Waals surface area (Å²) in [4.78, 5) is 133. The molecule has 0 bridgehead atoms. The minimum atomic E-state index is -0.553. The third-order valence-corrected chi connectivity index (χ3v) is 27.4. The molecule has 13 rings (SSSR count). The lowest BCUT2D eigenvalue weighted by Gasteiger charge is -2.37. The zero-order valence-electron chi connectivity index (χ0n) is 87.7. The highest BCUT2D eigenvalue weighted by atomic mass is 16.6. The number of rotatable bonds is 49. The Labute approximate surface area is 881 Å². The first kappa shape index (κ1) is 116. The molecule has 0 atom stereocenters. The molecule has 0 N–H and O–H groups in total. The Hall–Kier alpha value is -14.8. The summed E-state index contributed by atoms with van der Waals surface area (Å²) in [6.07, 6.45) is 25.0. The van der Waals surface area contributed by atoms with Crippen molar-refractivity contribution in [2.45, 2.75) is 208 Å². The van der Waals surface area contributed by atoms with Crippen molar-refractivity contribution < 1.29 is 119 Å². The number of aryl methyl sites for hydroxylation is 4. The van der Waals surface area contributed by atoms with Crippen LogP contribution < -0.4 is 33.2 Å². The highest BCUT2D eigenvalue weighted by Gasteiger charge is 2.37. The molecule has 4 saturated carbocycles. The van der Waals surface area contributed by atoms with Gasteiger partial charge in [0.25, 0.3) is 0 Å². The molecule has 0 unspecified atom stereocenters. The van der Waals surface area contributed by atoms with Crippen molar-refractivity contribution in [2.75, 3.05) is 66.1 Å².